The van der Waals surface area contributed by atoms with Crippen molar-refractivity contribution in [2.24, 2.45) is 5.92 Å². The molecule has 0 radical (unpaired) electrons. The summed E-state index contributed by atoms with van der Waals surface area (Å²) < 4.78 is 7.47. The molecule has 0 spiro atoms. The van der Waals surface area contributed by atoms with E-state index in [1.54, 1.807) is 10.6 Å². The average Bonchev–Trinajstić information content (AvgIpc) is 2.63. The summed E-state index contributed by atoms with van der Waals surface area (Å²) in [4.78, 5) is 12.2. The second-order valence-electron chi connectivity index (χ2n) is 6.60. The normalized spacial score (nSPS) is 10.8. The fraction of sp³-hybridized carbons (Fsp3) is 0.227. The van der Waals surface area contributed by atoms with E-state index in [1.807, 2.05) is 66.9 Å². The molecule has 0 amide bonds. The van der Waals surface area contributed by atoms with Crippen molar-refractivity contribution in [2.75, 3.05) is 6.61 Å². The molecule has 0 bridgehead atoms. The van der Waals surface area contributed by atoms with Crippen molar-refractivity contribution in [3.05, 3.63) is 88.8 Å². The summed E-state index contributed by atoms with van der Waals surface area (Å²) in [5.74, 6) is 1.37. The molecule has 1 heterocycles. The standard InChI is InChI=1S/C22H23NO2/c1-17(2)16-25-21-11-8-19(9-12-21)20-10-13-22(24)23(15-20)14-18-6-4-3-5-7-18/h3-13,15,17H,14,16H2,1-2H3. The Balaban J connectivity index is 1.81. The summed E-state index contributed by atoms with van der Waals surface area (Å²) in [6.07, 6.45) is 1.92. The number of nitrogens with zero attached hydrogens (tertiary/aromatic N) is 1. The topological polar surface area (TPSA) is 31.2 Å². The van der Waals surface area contributed by atoms with Crippen molar-refractivity contribution in [2.45, 2.75) is 20.4 Å². The van der Waals surface area contributed by atoms with E-state index in [0.717, 1.165) is 22.4 Å². The number of hydrogen-bond donors (Lipinski definition) is 0. The minimum Gasteiger partial charge on any atom is -0.493 e. The number of rotatable bonds is 6. The molecule has 0 atom stereocenters. The highest BCUT2D eigenvalue weighted by atomic mass is 16.5. The van der Waals surface area contributed by atoms with Crippen LogP contribution in [0.3, 0.4) is 0 Å². The highest BCUT2D eigenvalue weighted by Gasteiger charge is 2.04. The predicted octanol–water partition coefficient (Wildman–Crippen LogP) is 4.60. The van der Waals surface area contributed by atoms with E-state index in [1.165, 1.54) is 0 Å². The van der Waals surface area contributed by atoms with Crippen LogP contribution < -0.4 is 10.3 Å². The Morgan fingerprint density at radius 3 is 2.24 bits per heavy atom. The van der Waals surface area contributed by atoms with Gasteiger partial charge in [0.05, 0.1) is 13.2 Å². The summed E-state index contributed by atoms with van der Waals surface area (Å²) in [5, 5.41) is 0. The monoisotopic (exact) mass is 333 g/mol. The molecule has 128 valence electrons. The molecule has 3 nitrogen and oxygen atoms in total. The molecule has 25 heavy (non-hydrogen) atoms. The summed E-state index contributed by atoms with van der Waals surface area (Å²) in [6, 6.07) is 21.5. The van der Waals surface area contributed by atoms with Gasteiger partial charge in [0.2, 0.25) is 0 Å². The molecule has 0 unspecified atom stereocenters. The van der Waals surface area contributed by atoms with Crippen molar-refractivity contribution in [3.8, 4) is 16.9 Å². The number of aromatic nitrogens is 1. The fourth-order valence-corrected chi connectivity index (χ4v) is 2.61. The van der Waals surface area contributed by atoms with Crippen molar-refractivity contribution < 1.29 is 4.74 Å². The zero-order valence-electron chi connectivity index (χ0n) is 14.7. The molecule has 1 aromatic heterocycles. The van der Waals surface area contributed by atoms with Crippen molar-refractivity contribution in [3.63, 3.8) is 0 Å². The molecule has 3 aromatic rings. The first-order valence-electron chi connectivity index (χ1n) is 8.59. The van der Waals surface area contributed by atoms with E-state index in [4.69, 9.17) is 4.74 Å². The van der Waals surface area contributed by atoms with E-state index in [-0.39, 0.29) is 5.56 Å². The maximum Gasteiger partial charge on any atom is 0.250 e. The van der Waals surface area contributed by atoms with Gasteiger partial charge in [-0.25, -0.2) is 0 Å². The first-order chi connectivity index (χ1) is 12.1. The lowest BCUT2D eigenvalue weighted by Gasteiger charge is -2.11. The van der Waals surface area contributed by atoms with Crippen LogP contribution in [0.4, 0.5) is 0 Å². The van der Waals surface area contributed by atoms with Gasteiger partial charge in [0.1, 0.15) is 5.75 Å². The molecule has 2 aromatic carbocycles. The molecule has 0 aliphatic rings. The van der Waals surface area contributed by atoms with Crippen LogP contribution in [0.5, 0.6) is 5.75 Å². The highest BCUT2D eigenvalue weighted by Crippen LogP contribution is 2.22. The van der Waals surface area contributed by atoms with Gasteiger partial charge < -0.3 is 9.30 Å². The molecule has 3 heteroatoms. The Hall–Kier alpha value is -2.81. The largest absolute Gasteiger partial charge is 0.493 e. The van der Waals surface area contributed by atoms with Gasteiger partial charge in [0, 0.05) is 12.3 Å². The number of ether oxygens (including phenoxy) is 1. The molecule has 0 fully saturated rings. The van der Waals surface area contributed by atoms with E-state index < -0.39 is 0 Å². The predicted molar refractivity (Wildman–Crippen MR) is 102 cm³/mol. The van der Waals surface area contributed by atoms with Crippen LogP contribution in [0.1, 0.15) is 19.4 Å². The first kappa shape index (κ1) is 17.0. The molecule has 3 rings (SSSR count). The van der Waals surface area contributed by atoms with Crippen molar-refractivity contribution in [1.82, 2.24) is 4.57 Å². The van der Waals surface area contributed by atoms with Crippen LogP contribution in [-0.4, -0.2) is 11.2 Å². The highest BCUT2D eigenvalue weighted by molar-refractivity contribution is 5.63. The van der Waals surface area contributed by atoms with E-state index in [2.05, 4.69) is 13.8 Å². The SMILES string of the molecule is CC(C)COc1ccc(-c2ccc(=O)n(Cc3ccccc3)c2)cc1. The zero-order chi connectivity index (χ0) is 17.6. The number of benzene rings is 2. The second kappa shape index (κ2) is 7.84. The minimum atomic E-state index is 0.00416. The van der Waals surface area contributed by atoms with Crippen LogP contribution in [0, 0.1) is 5.92 Å². The van der Waals surface area contributed by atoms with E-state index in [9.17, 15) is 4.79 Å². The van der Waals surface area contributed by atoms with Crippen LogP contribution in [-0.2, 0) is 6.54 Å². The van der Waals surface area contributed by atoms with Gasteiger partial charge in [-0.15, -0.1) is 0 Å². The van der Waals surface area contributed by atoms with Crippen LogP contribution in [0.25, 0.3) is 11.1 Å². The lowest BCUT2D eigenvalue weighted by molar-refractivity contribution is 0.271. The van der Waals surface area contributed by atoms with Crippen molar-refractivity contribution >= 4 is 0 Å². The van der Waals surface area contributed by atoms with Gasteiger partial charge in [0.15, 0.2) is 0 Å². The molecule has 0 N–H and O–H groups in total. The van der Waals surface area contributed by atoms with Crippen LogP contribution >= 0.6 is 0 Å². The summed E-state index contributed by atoms with van der Waals surface area (Å²) in [7, 11) is 0. The third-order valence-electron chi connectivity index (χ3n) is 3.95. The molecule has 0 saturated heterocycles. The third kappa shape index (κ3) is 4.60. The first-order valence-corrected chi connectivity index (χ1v) is 8.59. The van der Waals surface area contributed by atoms with Crippen molar-refractivity contribution in [1.29, 1.82) is 0 Å². The Kier molecular flexibility index (Phi) is 5.34. The van der Waals surface area contributed by atoms with E-state index in [0.29, 0.717) is 19.1 Å². The van der Waals surface area contributed by atoms with E-state index >= 15 is 0 Å². The smallest absolute Gasteiger partial charge is 0.250 e. The average molecular weight is 333 g/mol. The summed E-state index contributed by atoms with van der Waals surface area (Å²) in [5.41, 5.74) is 3.20. The van der Waals surface area contributed by atoms with Gasteiger partial charge in [0.25, 0.3) is 5.56 Å². The molecule has 0 aliphatic heterocycles. The lowest BCUT2D eigenvalue weighted by Crippen LogP contribution is -2.19. The van der Waals surface area contributed by atoms with Gasteiger partial charge in [-0.3, -0.25) is 4.79 Å². The minimum absolute atomic E-state index is 0.00416. The molecule has 0 saturated carbocycles. The maximum absolute atomic E-state index is 12.2. The fourth-order valence-electron chi connectivity index (χ4n) is 2.61. The number of hydrogen-bond acceptors (Lipinski definition) is 2. The van der Waals surface area contributed by atoms with Gasteiger partial charge in [-0.2, -0.15) is 0 Å². The Morgan fingerprint density at radius 1 is 0.880 bits per heavy atom. The zero-order valence-corrected chi connectivity index (χ0v) is 14.7. The van der Waals surface area contributed by atoms with Crippen LogP contribution in [0.15, 0.2) is 77.7 Å². The van der Waals surface area contributed by atoms with Gasteiger partial charge in [-0.1, -0.05) is 56.3 Å². The second-order valence-corrected chi connectivity index (χ2v) is 6.60. The number of pyridine rings is 1. The molecule has 0 aliphatic carbocycles. The Morgan fingerprint density at radius 2 is 1.56 bits per heavy atom. The summed E-state index contributed by atoms with van der Waals surface area (Å²) in [6.45, 7) is 5.54. The molecular weight excluding hydrogens is 310 g/mol. The molecular formula is C22H23NO2. The Labute approximate surface area is 148 Å². The Bertz CT molecular complexity index is 865. The quantitative estimate of drug-likeness (QED) is 0.660. The van der Waals surface area contributed by atoms with Gasteiger partial charge >= 0.3 is 0 Å². The third-order valence-corrected chi connectivity index (χ3v) is 3.95. The van der Waals surface area contributed by atoms with Crippen LogP contribution in [0.2, 0.25) is 0 Å². The maximum atomic E-state index is 12.2. The van der Waals surface area contributed by atoms with Gasteiger partial charge in [-0.05, 0) is 40.8 Å². The lowest BCUT2D eigenvalue weighted by atomic mass is 10.1. The summed E-state index contributed by atoms with van der Waals surface area (Å²) >= 11 is 0.